The summed E-state index contributed by atoms with van der Waals surface area (Å²) in [6.07, 6.45) is -20.9. The third-order valence-electron chi connectivity index (χ3n) is 8.80. The predicted octanol–water partition coefficient (Wildman–Crippen LogP) is -8.66. The van der Waals surface area contributed by atoms with E-state index in [1.165, 1.54) is 0 Å². The molecule has 4 rings (SSSR count). The Bertz CT molecular complexity index is 1050. The van der Waals surface area contributed by atoms with Crippen molar-refractivity contribution in [2.75, 3.05) is 26.3 Å². The second-order valence-corrected chi connectivity index (χ2v) is 12.1. The first-order chi connectivity index (χ1) is 22.2. The highest BCUT2D eigenvalue weighted by Crippen LogP contribution is 2.34. The van der Waals surface area contributed by atoms with Gasteiger partial charge >= 0.3 is 0 Å². The molecule has 4 fully saturated rings. The van der Waals surface area contributed by atoms with Crippen LogP contribution in [0.2, 0.25) is 0 Å². The number of amides is 1. The van der Waals surface area contributed by atoms with Gasteiger partial charge in [-0.25, -0.2) is 0 Å². The van der Waals surface area contributed by atoms with Gasteiger partial charge in [-0.2, -0.15) is 0 Å². The molecule has 0 bridgehead atoms. The van der Waals surface area contributed by atoms with Gasteiger partial charge in [-0.1, -0.05) is 0 Å². The second kappa shape index (κ2) is 16.4. The van der Waals surface area contributed by atoms with E-state index >= 15 is 0 Å². The van der Waals surface area contributed by atoms with Gasteiger partial charge in [-0.15, -0.1) is 0 Å². The number of ether oxygens (including phenoxy) is 6. The van der Waals surface area contributed by atoms with Crippen LogP contribution in [0, 0.1) is 5.41 Å². The lowest BCUT2D eigenvalue weighted by atomic mass is 9.83. The van der Waals surface area contributed by atoms with Crippen molar-refractivity contribution in [1.29, 1.82) is 5.41 Å². The summed E-state index contributed by atoms with van der Waals surface area (Å²) in [4.78, 5) is 12.6. The van der Waals surface area contributed by atoms with Crippen LogP contribution in [0.5, 0.6) is 0 Å². The van der Waals surface area contributed by atoms with Crippen LogP contribution >= 0.6 is 0 Å². The van der Waals surface area contributed by atoms with Gasteiger partial charge in [0.15, 0.2) is 25.0 Å². The Hall–Kier alpha value is -1.58. The van der Waals surface area contributed by atoms with E-state index in [1.807, 2.05) is 0 Å². The van der Waals surface area contributed by atoms with Gasteiger partial charge in [0.1, 0.15) is 61.0 Å². The molecule has 21 heteroatoms. The number of aliphatic hydroxyl groups excluding tert-OH is 8. The fourth-order valence-electron chi connectivity index (χ4n) is 5.94. The lowest BCUT2D eigenvalue weighted by Crippen LogP contribution is -2.69. The van der Waals surface area contributed by atoms with Gasteiger partial charge < -0.3 is 103 Å². The Morgan fingerprint density at radius 1 is 0.957 bits per heavy atom. The molecule has 18 N–H and O–H groups in total. The number of hydrogen-bond donors (Lipinski definition) is 14. The van der Waals surface area contributed by atoms with Gasteiger partial charge in [0.25, 0.3) is 5.91 Å². The van der Waals surface area contributed by atoms with Crippen LogP contribution in [0.3, 0.4) is 0 Å². The molecule has 1 amide bonds. The maximum Gasteiger partial charge on any atom is 0.251 e. The van der Waals surface area contributed by atoms with Gasteiger partial charge in [0, 0.05) is 25.6 Å². The van der Waals surface area contributed by atoms with Gasteiger partial charge in [0.2, 0.25) is 0 Å². The Morgan fingerprint density at radius 2 is 1.66 bits per heavy atom. The smallest absolute Gasteiger partial charge is 0.251 e. The van der Waals surface area contributed by atoms with Crippen molar-refractivity contribution in [3.05, 3.63) is 0 Å². The van der Waals surface area contributed by atoms with E-state index in [0.29, 0.717) is 0 Å². The molecule has 21 nitrogen and oxygen atoms in total. The zero-order chi connectivity index (χ0) is 34.7. The zero-order valence-electron chi connectivity index (χ0n) is 25.4. The van der Waals surface area contributed by atoms with Crippen molar-refractivity contribution in [3.8, 4) is 0 Å². The zero-order valence-corrected chi connectivity index (χ0v) is 25.4. The van der Waals surface area contributed by atoms with Gasteiger partial charge in [0.05, 0.1) is 37.1 Å². The molecule has 0 spiro atoms. The molecular weight excluding hydrogens is 636 g/mol. The maximum atomic E-state index is 12.6. The van der Waals surface area contributed by atoms with Crippen molar-refractivity contribution in [1.82, 2.24) is 5.32 Å². The first kappa shape index (κ1) is 38.2. The maximum absolute atomic E-state index is 12.6. The summed E-state index contributed by atoms with van der Waals surface area (Å²) in [5, 5.41) is 92.3. The number of hydrogen-bond acceptors (Lipinski definition) is 20. The third-order valence-corrected chi connectivity index (χ3v) is 8.80. The molecule has 0 aromatic carbocycles. The molecule has 0 aromatic heterocycles. The predicted molar refractivity (Wildman–Crippen MR) is 154 cm³/mol. The summed E-state index contributed by atoms with van der Waals surface area (Å²) in [5.74, 6) is -1.05. The van der Waals surface area contributed by atoms with Crippen molar-refractivity contribution in [2.24, 2.45) is 22.9 Å². The monoisotopic (exact) mass is 684 g/mol. The summed E-state index contributed by atoms with van der Waals surface area (Å²) in [6.45, 7) is -1.52. The van der Waals surface area contributed by atoms with E-state index in [0.717, 1.165) is 0 Å². The number of aliphatic hydroxyl groups is 8. The van der Waals surface area contributed by atoms with E-state index in [-0.39, 0.29) is 26.0 Å². The van der Waals surface area contributed by atoms with Crippen LogP contribution in [0.15, 0.2) is 0 Å². The van der Waals surface area contributed by atoms with E-state index in [9.17, 15) is 45.6 Å². The Balaban J connectivity index is 1.53. The Morgan fingerprint density at radius 3 is 2.30 bits per heavy atom. The summed E-state index contributed by atoms with van der Waals surface area (Å²) in [7, 11) is 0. The fraction of sp³-hybridized carbons (Fsp3) is 0.923. The largest absolute Gasteiger partial charge is 0.394 e. The average molecular weight is 685 g/mol. The summed E-state index contributed by atoms with van der Waals surface area (Å²) < 4.78 is 34.7. The van der Waals surface area contributed by atoms with Crippen LogP contribution in [0.1, 0.15) is 12.8 Å². The third kappa shape index (κ3) is 8.42. The van der Waals surface area contributed by atoms with Crippen LogP contribution in [0.4, 0.5) is 0 Å². The van der Waals surface area contributed by atoms with E-state index in [1.54, 1.807) is 0 Å². The standard InChI is InChI=1S/C26H48N6O15/c27-3-9(34)19(38)24(41)32-8-1-7(29)22(47-26-16(31)21(40)20(39)12(4-28)45-26)23(17(8)36)46-14-2-11(13(5-33)43-14)44-25-15(30)18(37)10(35)6-42-25/h7-14,16-23,25-26,30,33-40H,1-6,27-29,31H2,(H,32,41)/t7-,8+,9-,10+,11-,12+,13+,14-,16+,17-,18-,19-,20+,21-,22+,23+,25+,26+/m0/s1. The minimum atomic E-state index is -1.92. The molecule has 1 aliphatic carbocycles. The number of carbonyl (C=O) groups excluding carboxylic acids is 1. The molecule has 0 unspecified atom stereocenters. The minimum absolute atomic E-state index is 0.111. The van der Waals surface area contributed by atoms with Crippen LogP contribution in [-0.4, -0.2) is 189 Å². The lowest BCUT2D eigenvalue weighted by molar-refractivity contribution is -0.303. The first-order valence-corrected chi connectivity index (χ1v) is 15.3. The molecule has 0 radical (unpaired) electrons. The molecule has 18 atom stereocenters. The lowest BCUT2D eigenvalue weighted by Gasteiger charge is -2.47. The number of carbonyl (C=O) groups is 1. The molecule has 272 valence electrons. The van der Waals surface area contributed by atoms with E-state index in [2.05, 4.69) is 5.32 Å². The van der Waals surface area contributed by atoms with Crippen molar-refractivity contribution < 1.29 is 74.1 Å². The topological polar surface area (TPSA) is 374 Å². The van der Waals surface area contributed by atoms with E-state index in [4.69, 9.17) is 56.8 Å². The highest BCUT2D eigenvalue weighted by atomic mass is 16.7. The minimum Gasteiger partial charge on any atom is -0.394 e. The number of nitrogens with two attached hydrogens (primary N) is 4. The molecule has 3 heterocycles. The number of nitrogens with one attached hydrogen (secondary N) is 2. The quantitative estimate of drug-likeness (QED) is 0.0907. The Kier molecular flexibility index (Phi) is 13.4. The molecule has 1 saturated carbocycles. The van der Waals surface area contributed by atoms with Gasteiger partial charge in [-0.3, -0.25) is 4.79 Å². The molecule has 3 saturated heterocycles. The van der Waals surface area contributed by atoms with E-state index < -0.39 is 135 Å². The SMILES string of the molecule is N=C1[C@@H](O[C@H]2C[C@H](O[C@@H]3[C@@H](O)[C@H](NC(=O)[C@@H](O)[C@@H](O)CN)C[C@H](N)[C@H]3O[C@H]3O[C@H](CN)[C@@H](O)[C@@H](O)[C@H]3N)O[C@@H]2CO)OC[C@@H](O)[C@@H]1O. The van der Waals surface area contributed by atoms with Crippen LogP contribution < -0.4 is 28.3 Å². The molecule has 0 aromatic rings. The number of rotatable bonds is 12. The van der Waals surface area contributed by atoms with Crippen molar-refractivity contribution in [2.45, 2.75) is 123 Å². The van der Waals surface area contributed by atoms with Crippen LogP contribution in [0.25, 0.3) is 0 Å². The molecule has 3 aliphatic heterocycles. The van der Waals surface area contributed by atoms with Crippen LogP contribution in [-0.2, 0) is 33.2 Å². The molecule has 47 heavy (non-hydrogen) atoms. The first-order valence-electron chi connectivity index (χ1n) is 15.3. The highest BCUT2D eigenvalue weighted by Gasteiger charge is 2.52. The summed E-state index contributed by atoms with van der Waals surface area (Å²) in [6, 6.07) is -3.49. The Labute approximate surface area is 269 Å². The van der Waals surface area contributed by atoms with Crippen molar-refractivity contribution >= 4 is 11.6 Å². The second-order valence-electron chi connectivity index (χ2n) is 12.1. The summed E-state index contributed by atoms with van der Waals surface area (Å²) >= 11 is 0. The highest BCUT2D eigenvalue weighted by molar-refractivity contribution is 5.89. The fourth-order valence-corrected chi connectivity index (χ4v) is 5.94. The summed E-state index contributed by atoms with van der Waals surface area (Å²) in [5.41, 5.74) is 23.1. The molecule has 4 aliphatic rings. The van der Waals surface area contributed by atoms with Gasteiger partial charge in [-0.05, 0) is 6.42 Å². The molecular formula is C26H48N6O15. The van der Waals surface area contributed by atoms with Crippen molar-refractivity contribution in [3.63, 3.8) is 0 Å². The normalized spacial score (nSPS) is 45.8. The average Bonchev–Trinajstić information content (AvgIpc) is 3.45.